The number of nitrogens with one attached hydrogen (secondary N) is 2. The number of rotatable bonds is 6. The van der Waals surface area contributed by atoms with E-state index in [0.717, 1.165) is 16.9 Å². The van der Waals surface area contributed by atoms with Gasteiger partial charge in [0.25, 0.3) is 5.91 Å². The van der Waals surface area contributed by atoms with E-state index < -0.39 is 5.91 Å². The average molecular weight is 366 g/mol. The molecule has 3 aromatic rings. The van der Waals surface area contributed by atoms with Crippen LogP contribution in [-0.4, -0.2) is 28.4 Å². The Morgan fingerprint density at radius 2 is 2.00 bits per heavy atom. The second-order valence-corrected chi connectivity index (χ2v) is 5.77. The van der Waals surface area contributed by atoms with E-state index in [0.29, 0.717) is 18.0 Å². The third-order valence-electron chi connectivity index (χ3n) is 3.85. The molecule has 0 unspecified atom stereocenters. The highest BCUT2D eigenvalue weighted by molar-refractivity contribution is 6.00. The predicted molar refractivity (Wildman–Crippen MR) is 101 cm³/mol. The summed E-state index contributed by atoms with van der Waals surface area (Å²) in [4.78, 5) is 12.3. The van der Waals surface area contributed by atoms with Crippen LogP contribution in [0.25, 0.3) is 11.3 Å². The molecule has 0 aliphatic rings. The molecule has 7 heteroatoms. The van der Waals surface area contributed by atoms with Gasteiger partial charge in [-0.2, -0.15) is 10.2 Å². The van der Waals surface area contributed by atoms with Crippen molar-refractivity contribution in [1.82, 2.24) is 15.6 Å². The second-order valence-electron chi connectivity index (χ2n) is 5.77. The Bertz CT molecular complexity index is 964. The number of hydrogen-bond donors (Lipinski definition) is 2. The van der Waals surface area contributed by atoms with Crippen molar-refractivity contribution >= 4 is 11.6 Å². The van der Waals surface area contributed by atoms with Gasteiger partial charge in [-0.1, -0.05) is 24.3 Å². The van der Waals surface area contributed by atoms with Gasteiger partial charge in [-0.15, -0.1) is 0 Å². The fourth-order valence-electron chi connectivity index (χ4n) is 2.45. The summed E-state index contributed by atoms with van der Waals surface area (Å²) < 4.78 is 18.4. The molecule has 0 spiro atoms. The first kappa shape index (κ1) is 18.3. The highest BCUT2D eigenvalue weighted by atomic mass is 19.1. The Balaban J connectivity index is 1.70. The minimum Gasteiger partial charge on any atom is -0.494 e. The van der Waals surface area contributed by atoms with E-state index in [4.69, 9.17) is 4.74 Å². The number of ether oxygens (including phenoxy) is 1. The summed E-state index contributed by atoms with van der Waals surface area (Å²) in [5.74, 6) is -0.00585. The van der Waals surface area contributed by atoms with Crippen LogP contribution in [0.15, 0.2) is 59.7 Å². The smallest absolute Gasteiger partial charge is 0.289 e. The molecule has 0 aliphatic heterocycles. The van der Waals surface area contributed by atoms with E-state index in [1.54, 1.807) is 25.1 Å². The molecule has 0 saturated heterocycles. The molecule has 2 N–H and O–H groups in total. The maximum atomic E-state index is 13.0. The van der Waals surface area contributed by atoms with Gasteiger partial charge in [-0.05, 0) is 49.7 Å². The van der Waals surface area contributed by atoms with E-state index in [1.807, 2.05) is 31.2 Å². The zero-order valence-corrected chi connectivity index (χ0v) is 15.0. The minimum atomic E-state index is -0.420. The Morgan fingerprint density at radius 3 is 2.74 bits per heavy atom. The lowest BCUT2D eigenvalue weighted by molar-refractivity contribution is 0.0950. The fourth-order valence-corrected chi connectivity index (χ4v) is 2.45. The van der Waals surface area contributed by atoms with Crippen molar-refractivity contribution in [2.75, 3.05) is 6.61 Å². The van der Waals surface area contributed by atoms with Gasteiger partial charge in [0.2, 0.25) is 0 Å². The summed E-state index contributed by atoms with van der Waals surface area (Å²) >= 11 is 0. The van der Waals surface area contributed by atoms with Crippen LogP contribution in [0.5, 0.6) is 5.75 Å². The van der Waals surface area contributed by atoms with E-state index in [9.17, 15) is 9.18 Å². The minimum absolute atomic E-state index is 0.280. The fraction of sp³-hybridized carbons (Fsp3) is 0.150. The molecule has 1 amide bonds. The normalized spacial score (nSPS) is 11.3. The molecular weight excluding hydrogens is 347 g/mol. The van der Waals surface area contributed by atoms with Crippen LogP contribution in [0, 0.1) is 5.82 Å². The van der Waals surface area contributed by atoms with Crippen molar-refractivity contribution in [1.29, 1.82) is 0 Å². The van der Waals surface area contributed by atoms with Crippen LogP contribution >= 0.6 is 0 Å². The molecule has 27 heavy (non-hydrogen) atoms. The van der Waals surface area contributed by atoms with Crippen LogP contribution in [0.1, 0.15) is 29.9 Å². The van der Waals surface area contributed by atoms with Crippen LogP contribution in [0.2, 0.25) is 0 Å². The zero-order valence-electron chi connectivity index (χ0n) is 15.0. The van der Waals surface area contributed by atoms with Crippen LogP contribution < -0.4 is 10.2 Å². The average Bonchev–Trinajstić information content (AvgIpc) is 3.17. The summed E-state index contributed by atoms with van der Waals surface area (Å²) in [6.45, 7) is 4.21. The van der Waals surface area contributed by atoms with Gasteiger partial charge in [-0.3, -0.25) is 9.89 Å². The van der Waals surface area contributed by atoms with Crippen molar-refractivity contribution < 1.29 is 13.9 Å². The van der Waals surface area contributed by atoms with Gasteiger partial charge < -0.3 is 4.74 Å². The Labute approximate surface area is 156 Å². The SMILES string of the molecule is CCOc1cccc(-c2cc(C(=O)N/N=C(/C)c3ccc(F)cc3)[nH]n2)c1. The third kappa shape index (κ3) is 4.58. The first-order valence-electron chi connectivity index (χ1n) is 8.46. The molecule has 0 radical (unpaired) electrons. The number of nitrogens with zero attached hydrogens (tertiary/aromatic N) is 2. The van der Waals surface area contributed by atoms with Gasteiger partial charge in [0.05, 0.1) is 18.0 Å². The van der Waals surface area contributed by atoms with Gasteiger partial charge in [0.15, 0.2) is 0 Å². The van der Waals surface area contributed by atoms with Crippen molar-refractivity contribution in [2.24, 2.45) is 5.10 Å². The number of hydrogen-bond acceptors (Lipinski definition) is 4. The molecule has 0 atom stereocenters. The lowest BCUT2D eigenvalue weighted by Gasteiger charge is -2.03. The lowest BCUT2D eigenvalue weighted by atomic mass is 10.1. The molecular formula is C20H19FN4O2. The molecule has 0 saturated carbocycles. The third-order valence-corrected chi connectivity index (χ3v) is 3.85. The summed E-state index contributed by atoms with van der Waals surface area (Å²) in [5, 5.41) is 10.9. The Morgan fingerprint density at radius 1 is 1.22 bits per heavy atom. The molecule has 138 valence electrons. The van der Waals surface area contributed by atoms with Gasteiger partial charge in [0.1, 0.15) is 17.3 Å². The number of halogens is 1. The van der Waals surface area contributed by atoms with E-state index >= 15 is 0 Å². The summed E-state index contributed by atoms with van der Waals surface area (Å²) in [7, 11) is 0. The molecule has 0 bridgehead atoms. The van der Waals surface area contributed by atoms with Crippen LogP contribution in [-0.2, 0) is 0 Å². The monoisotopic (exact) mass is 366 g/mol. The predicted octanol–water partition coefficient (Wildman–Crippen LogP) is 3.77. The number of benzene rings is 2. The number of hydrazone groups is 1. The first-order chi connectivity index (χ1) is 13.1. The van der Waals surface area contributed by atoms with E-state index in [2.05, 4.69) is 20.7 Å². The number of carbonyl (C=O) groups is 1. The molecule has 1 heterocycles. The molecule has 3 rings (SSSR count). The lowest BCUT2D eigenvalue weighted by Crippen LogP contribution is -2.19. The number of amides is 1. The van der Waals surface area contributed by atoms with Gasteiger partial charge in [0, 0.05) is 5.56 Å². The van der Waals surface area contributed by atoms with Crippen LogP contribution in [0.3, 0.4) is 0 Å². The van der Waals surface area contributed by atoms with Gasteiger partial charge >= 0.3 is 0 Å². The highest BCUT2D eigenvalue weighted by Crippen LogP contribution is 2.22. The Hall–Kier alpha value is -3.48. The molecule has 0 aliphatic carbocycles. The Kier molecular flexibility index (Phi) is 5.61. The first-order valence-corrected chi connectivity index (χ1v) is 8.46. The molecule has 2 aromatic carbocycles. The molecule has 1 aromatic heterocycles. The number of aromatic nitrogens is 2. The van der Waals surface area contributed by atoms with Crippen LogP contribution in [0.4, 0.5) is 4.39 Å². The highest BCUT2D eigenvalue weighted by Gasteiger charge is 2.11. The number of aromatic amines is 1. The summed E-state index contributed by atoms with van der Waals surface area (Å²) in [6, 6.07) is 15.0. The standard InChI is InChI=1S/C20H19FN4O2/c1-3-27-17-6-4-5-15(11-17)18-12-19(24-23-18)20(26)25-22-13(2)14-7-9-16(21)10-8-14/h4-12H,3H2,1-2H3,(H,23,24)(H,25,26)/b22-13-. The van der Waals surface area contributed by atoms with Crippen molar-refractivity contribution in [3.05, 3.63) is 71.7 Å². The maximum absolute atomic E-state index is 13.0. The second kappa shape index (κ2) is 8.27. The largest absolute Gasteiger partial charge is 0.494 e. The maximum Gasteiger partial charge on any atom is 0.289 e. The van der Waals surface area contributed by atoms with Gasteiger partial charge in [-0.25, -0.2) is 9.82 Å². The van der Waals surface area contributed by atoms with E-state index in [1.165, 1.54) is 12.1 Å². The topological polar surface area (TPSA) is 79.4 Å². The molecule has 0 fully saturated rings. The van der Waals surface area contributed by atoms with Crippen molar-refractivity contribution in [3.8, 4) is 17.0 Å². The molecule has 6 nitrogen and oxygen atoms in total. The number of carbonyl (C=O) groups excluding carboxylic acids is 1. The summed E-state index contributed by atoms with van der Waals surface area (Å²) in [5.41, 5.74) is 5.49. The van der Waals surface area contributed by atoms with Crippen molar-refractivity contribution in [2.45, 2.75) is 13.8 Å². The van der Waals surface area contributed by atoms with Crippen molar-refractivity contribution in [3.63, 3.8) is 0 Å². The quantitative estimate of drug-likeness (QED) is 0.515. The number of H-pyrrole nitrogens is 1. The van der Waals surface area contributed by atoms with E-state index in [-0.39, 0.29) is 11.5 Å². The zero-order chi connectivity index (χ0) is 19.2. The summed E-state index contributed by atoms with van der Waals surface area (Å²) in [6.07, 6.45) is 0.